The van der Waals surface area contributed by atoms with Gasteiger partial charge in [0.25, 0.3) is 0 Å². The number of nitrogens with zero attached hydrogens (tertiary/aromatic N) is 2. The highest BCUT2D eigenvalue weighted by molar-refractivity contribution is 5.85. The Morgan fingerprint density at radius 1 is 1.50 bits per heavy atom. The molecule has 1 heterocycles. The van der Waals surface area contributed by atoms with Crippen LogP contribution in [-0.2, 0) is 0 Å². The lowest BCUT2D eigenvalue weighted by atomic mass is 10.2. The van der Waals surface area contributed by atoms with E-state index in [-0.39, 0.29) is 30.9 Å². The van der Waals surface area contributed by atoms with Crippen LogP contribution in [0.5, 0.6) is 0 Å². The summed E-state index contributed by atoms with van der Waals surface area (Å²) in [6.45, 7) is 3.87. The molecule has 1 unspecified atom stereocenters. The largest absolute Gasteiger partial charge is 0.321 e. The number of hydrogen-bond acceptors (Lipinski definition) is 3. The first-order valence-electron chi connectivity index (χ1n) is 3.38. The molecule has 0 saturated carbocycles. The molecule has 1 rings (SSSR count). The van der Waals surface area contributed by atoms with Gasteiger partial charge in [0.15, 0.2) is 5.82 Å². The summed E-state index contributed by atoms with van der Waals surface area (Å²) < 4.78 is 0. The number of H-pyrrole nitrogens is 1. The molecule has 72 valence electrons. The van der Waals surface area contributed by atoms with Gasteiger partial charge in [0.2, 0.25) is 0 Å². The van der Waals surface area contributed by atoms with Crippen LogP contribution >= 0.6 is 24.8 Å². The molecular formula is C6H14Cl2N4. The fourth-order valence-corrected chi connectivity index (χ4v) is 0.708. The fourth-order valence-electron chi connectivity index (χ4n) is 0.708. The lowest BCUT2D eigenvalue weighted by molar-refractivity contribution is 0.652. The summed E-state index contributed by atoms with van der Waals surface area (Å²) in [5.41, 5.74) is 5.66. The predicted molar refractivity (Wildman–Crippen MR) is 52.8 cm³/mol. The fraction of sp³-hybridized carbons (Fsp3) is 0.667. The summed E-state index contributed by atoms with van der Waals surface area (Å²) in [6, 6.07) is -0.0232. The topological polar surface area (TPSA) is 67.6 Å². The van der Waals surface area contributed by atoms with Crippen LogP contribution in [0.4, 0.5) is 0 Å². The van der Waals surface area contributed by atoms with Crippen molar-refractivity contribution < 1.29 is 0 Å². The van der Waals surface area contributed by atoms with Crippen molar-refractivity contribution in [3.63, 3.8) is 0 Å². The summed E-state index contributed by atoms with van der Waals surface area (Å²) in [6.07, 6.45) is 0.872. The van der Waals surface area contributed by atoms with Crippen LogP contribution in [0, 0.1) is 6.92 Å². The molecule has 1 aromatic rings. The van der Waals surface area contributed by atoms with Crippen molar-refractivity contribution in [3.8, 4) is 0 Å². The van der Waals surface area contributed by atoms with Crippen molar-refractivity contribution in [2.75, 3.05) is 0 Å². The molecule has 1 aromatic heterocycles. The maximum Gasteiger partial charge on any atom is 0.167 e. The van der Waals surface area contributed by atoms with E-state index < -0.39 is 0 Å². The van der Waals surface area contributed by atoms with Gasteiger partial charge in [-0.15, -0.1) is 24.8 Å². The van der Waals surface area contributed by atoms with Gasteiger partial charge in [-0.3, -0.25) is 5.10 Å². The second-order valence-corrected chi connectivity index (χ2v) is 2.29. The molecule has 0 saturated heterocycles. The van der Waals surface area contributed by atoms with E-state index in [4.69, 9.17) is 5.73 Å². The quantitative estimate of drug-likeness (QED) is 0.779. The highest BCUT2D eigenvalue weighted by Crippen LogP contribution is 2.06. The maximum absolute atomic E-state index is 5.66. The minimum atomic E-state index is -0.0232. The van der Waals surface area contributed by atoms with Crippen LogP contribution in [0.25, 0.3) is 0 Å². The van der Waals surface area contributed by atoms with E-state index >= 15 is 0 Å². The molecule has 12 heavy (non-hydrogen) atoms. The minimum absolute atomic E-state index is 0. The molecule has 0 aliphatic rings. The van der Waals surface area contributed by atoms with Crippen molar-refractivity contribution in [1.29, 1.82) is 0 Å². The first-order chi connectivity index (χ1) is 4.74. The van der Waals surface area contributed by atoms with Gasteiger partial charge in [0.05, 0.1) is 6.04 Å². The SMILES string of the molecule is CCC(N)c1n[nH]c(C)n1.Cl.Cl. The van der Waals surface area contributed by atoms with Gasteiger partial charge in [-0.25, -0.2) is 4.98 Å². The van der Waals surface area contributed by atoms with Crippen LogP contribution < -0.4 is 5.73 Å². The minimum Gasteiger partial charge on any atom is -0.321 e. The number of hydrogen-bond donors (Lipinski definition) is 2. The van der Waals surface area contributed by atoms with E-state index in [1.165, 1.54) is 0 Å². The van der Waals surface area contributed by atoms with E-state index in [2.05, 4.69) is 15.2 Å². The van der Waals surface area contributed by atoms with Crippen LogP contribution in [0.3, 0.4) is 0 Å². The number of aromatic nitrogens is 3. The average molecular weight is 213 g/mol. The Bertz CT molecular complexity index is 213. The molecule has 0 spiro atoms. The Hall–Kier alpha value is -0.320. The Morgan fingerprint density at radius 2 is 2.08 bits per heavy atom. The number of nitrogens with two attached hydrogens (primary N) is 1. The van der Waals surface area contributed by atoms with Crippen molar-refractivity contribution in [1.82, 2.24) is 15.2 Å². The Morgan fingerprint density at radius 3 is 2.42 bits per heavy atom. The zero-order valence-corrected chi connectivity index (χ0v) is 8.71. The summed E-state index contributed by atoms with van der Waals surface area (Å²) in [7, 11) is 0. The van der Waals surface area contributed by atoms with Gasteiger partial charge in [0.1, 0.15) is 5.82 Å². The van der Waals surface area contributed by atoms with E-state index in [9.17, 15) is 0 Å². The molecule has 3 N–H and O–H groups in total. The zero-order valence-electron chi connectivity index (χ0n) is 7.07. The lowest BCUT2D eigenvalue weighted by Gasteiger charge is -1.99. The highest BCUT2D eigenvalue weighted by atomic mass is 35.5. The lowest BCUT2D eigenvalue weighted by Crippen LogP contribution is -2.10. The normalized spacial score (nSPS) is 11.2. The second kappa shape index (κ2) is 6.22. The molecule has 4 nitrogen and oxygen atoms in total. The number of aryl methyl sites for hydroxylation is 1. The first-order valence-corrected chi connectivity index (χ1v) is 3.38. The van der Waals surface area contributed by atoms with Crippen molar-refractivity contribution in [2.24, 2.45) is 5.73 Å². The van der Waals surface area contributed by atoms with Gasteiger partial charge in [-0.1, -0.05) is 6.92 Å². The third kappa shape index (κ3) is 3.38. The van der Waals surface area contributed by atoms with Crippen molar-refractivity contribution >= 4 is 24.8 Å². The molecule has 0 amide bonds. The summed E-state index contributed by atoms with van der Waals surface area (Å²) in [4.78, 5) is 4.09. The highest BCUT2D eigenvalue weighted by Gasteiger charge is 2.06. The smallest absolute Gasteiger partial charge is 0.167 e. The van der Waals surface area contributed by atoms with Crippen LogP contribution in [0.1, 0.15) is 31.0 Å². The summed E-state index contributed by atoms with van der Waals surface area (Å²) in [5, 5.41) is 6.67. The molecule has 0 bridgehead atoms. The van der Waals surface area contributed by atoms with Crippen LogP contribution in [-0.4, -0.2) is 15.2 Å². The van der Waals surface area contributed by atoms with Crippen LogP contribution in [0.15, 0.2) is 0 Å². The summed E-state index contributed by atoms with van der Waals surface area (Å²) >= 11 is 0. The van der Waals surface area contributed by atoms with Crippen molar-refractivity contribution in [3.05, 3.63) is 11.6 Å². The van der Waals surface area contributed by atoms with Gasteiger partial charge in [-0.05, 0) is 13.3 Å². The Labute approximate surface area is 84.2 Å². The Balaban J connectivity index is 0. The molecule has 0 fully saturated rings. The number of halogens is 2. The molecular weight excluding hydrogens is 199 g/mol. The van der Waals surface area contributed by atoms with Gasteiger partial charge >= 0.3 is 0 Å². The monoisotopic (exact) mass is 212 g/mol. The van der Waals surface area contributed by atoms with E-state index in [0.717, 1.165) is 12.2 Å². The third-order valence-corrected chi connectivity index (χ3v) is 1.39. The molecule has 0 aromatic carbocycles. The van der Waals surface area contributed by atoms with E-state index in [1.807, 2.05) is 13.8 Å². The van der Waals surface area contributed by atoms with E-state index in [0.29, 0.717) is 5.82 Å². The number of aromatic amines is 1. The summed E-state index contributed by atoms with van der Waals surface area (Å²) in [5.74, 6) is 1.53. The predicted octanol–water partition coefficient (Wildman–Crippen LogP) is 1.37. The van der Waals surface area contributed by atoms with Gasteiger partial charge in [0, 0.05) is 0 Å². The van der Waals surface area contributed by atoms with Gasteiger partial charge < -0.3 is 5.73 Å². The number of rotatable bonds is 2. The Kier molecular flexibility index (Phi) is 7.37. The first kappa shape index (κ1) is 14.2. The molecule has 0 aliphatic carbocycles. The second-order valence-electron chi connectivity index (χ2n) is 2.29. The maximum atomic E-state index is 5.66. The average Bonchev–Trinajstić information content (AvgIpc) is 2.34. The third-order valence-electron chi connectivity index (χ3n) is 1.39. The molecule has 0 radical (unpaired) electrons. The van der Waals surface area contributed by atoms with Crippen molar-refractivity contribution in [2.45, 2.75) is 26.3 Å². The molecule has 0 aliphatic heterocycles. The van der Waals surface area contributed by atoms with Crippen LogP contribution in [0.2, 0.25) is 0 Å². The number of nitrogens with one attached hydrogen (secondary N) is 1. The molecule has 1 atom stereocenters. The van der Waals surface area contributed by atoms with Gasteiger partial charge in [-0.2, -0.15) is 5.10 Å². The zero-order chi connectivity index (χ0) is 7.56. The van der Waals surface area contributed by atoms with E-state index in [1.54, 1.807) is 0 Å². The standard InChI is InChI=1S/C6H12N4.2ClH/c1-3-5(7)6-8-4(2)9-10-6;;/h5H,3,7H2,1-2H3,(H,8,9,10);2*1H. The molecule has 6 heteroatoms.